The van der Waals surface area contributed by atoms with Crippen molar-refractivity contribution in [2.45, 2.75) is 36.6 Å². The van der Waals surface area contributed by atoms with Crippen molar-refractivity contribution < 1.29 is 47.6 Å². The van der Waals surface area contributed by atoms with Gasteiger partial charge in [-0.1, -0.05) is 0 Å². The van der Waals surface area contributed by atoms with Gasteiger partial charge >= 0.3 is 0 Å². The molecule has 2 fully saturated rings. The monoisotopic (exact) mass is 396 g/mol. The number of aliphatic hydroxyl groups is 1. The van der Waals surface area contributed by atoms with Crippen molar-refractivity contribution >= 4 is 30.4 Å². The Kier molecular flexibility index (Phi) is 4.85. The minimum Gasteiger partial charge on any atom is -0.387 e. The second kappa shape index (κ2) is 5.87. The molecular formula is C9H16O11S3. The van der Waals surface area contributed by atoms with Gasteiger partial charge in [0.05, 0.1) is 18.8 Å². The van der Waals surface area contributed by atoms with Gasteiger partial charge in [-0.15, -0.1) is 0 Å². The number of hydrogen-bond acceptors (Lipinski definition) is 11. The minimum atomic E-state index is -4.15. The van der Waals surface area contributed by atoms with Gasteiger partial charge in [-0.3, -0.25) is 12.5 Å². The summed E-state index contributed by atoms with van der Waals surface area (Å²) in [5, 5.41) is 10.0. The average Bonchev–Trinajstić information content (AvgIpc) is 3.05. The Balaban J connectivity index is 2.40. The molecule has 1 N–H and O–H groups in total. The van der Waals surface area contributed by atoms with Crippen LogP contribution in [-0.4, -0.2) is 85.8 Å². The second-order valence-corrected chi connectivity index (χ2v) is 10.2. The maximum absolute atomic E-state index is 11.4. The van der Waals surface area contributed by atoms with Crippen LogP contribution >= 0.6 is 0 Å². The lowest BCUT2D eigenvalue weighted by atomic mass is 9.90. The first kappa shape index (κ1) is 19.0. The number of hydrogen-bond donors (Lipinski definition) is 1. The standard InChI is InChI=1S/C9H16O11S3/c1-21(11,12)18-6-4(10)5-7(17-5)9(20-23(3,15)16)8(6)19-22(2,13)14/h4-10H,1-3H3/t4-,5+,6-,7+,8+,9+/m0/s1. The molecule has 0 unspecified atom stereocenters. The summed E-state index contributed by atoms with van der Waals surface area (Å²) >= 11 is 0. The fraction of sp³-hybridized carbons (Fsp3) is 1.00. The van der Waals surface area contributed by atoms with Gasteiger partial charge in [-0.25, -0.2) is 0 Å². The first-order valence-electron chi connectivity index (χ1n) is 6.16. The van der Waals surface area contributed by atoms with E-state index in [0.29, 0.717) is 12.5 Å². The molecule has 1 aliphatic heterocycles. The van der Waals surface area contributed by atoms with Crippen molar-refractivity contribution in [3.63, 3.8) is 0 Å². The third-order valence-corrected chi connectivity index (χ3v) is 4.78. The molecule has 0 aromatic rings. The van der Waals surface area contributed by atoms with Crippen LogP contribution in [0.15, 0.2) is 0 Å². The van der Waals surface area contributed by atoms with E-state index in [0.717, 1.165) is 6.26 Å². The van der Waals surface area contributed by atoms with Gasteiger partial charge < -0.3 is 9.84 Å². The first-order valence-corrected chi connectivity index (χ1v) is 11.6. The predicted molar refractivity (Wildman–Crippen MR) is 73.8 cm³/mol. The molecule has 11 nitrogen and oxygen atoms in total. The third kappa shape index (κ3) is 5.06. The molecule has 136 valence electrons. The summed E-state index contributed by atoms with van der Waals surface area (Å²) in [5.74, 6) is 0. The van der Waals surface area contributed by atoms with E-state index in [9.17, 15) is 30.4 Å². The van der Waals surface area contributed by atoms with E-state index in [1.165, 1.54) is 0 Å². The molecule has 0 bridgehead atoms. The lowest BCUT2D eigenvalue weighted by Gasteiger charge is -2.35. The smallest absolute Gasteiger partial charge is 0.264 e. The van der Waals surface area contributed by atoms with E-state index in [-0.39, 0.29) is 0 Å². The zero-order valence-electron chi connectivity index (χ0n) is 12.2. The molecule has 2 aliphatic rings. The van der Waals surface area contributed by atoms with Crippen LogP contribution in [0.4, 0.5) is 0 Å². The fourth-order valence-corrected chi connectivity index (χ4v) is 4.24. The van der Waals surface area contributed by atoms with Crippen molar-refractivity contribution in [1.82, 2.24) is 0 Å². The van der Waals surface area contributed by atoms with Crippen LogP contribution in [0.25, 0.3) is 0 Å². The molecular weight excluding hydrogens is 380 g/mol. The molecule has 0 spiro atoms. The van der Waals surface area contributed by atoms with Gasteiger partial charge in [0.25, 0.3) is 30.4 Å². The predicted octanol–water partition coefficient (Wildman–Crippen LogP) is -2.84. The van der Waals surface area contributed by atoms with Crippen LogP contribution in [0.1, 0.15) is 0 Å². The highest BCUT2D eigenvalue weighted by atomic mass is 32.2. The van der Waals surface area contributed by atoms with Gasteiger partial charge in [0.2, 0.25) is 0 Å². The van der Waals surface area contributed by atoms with Gasteiger partial charge in [0, 0.05) is 0 Å². The molecule has 6 atom stereocenters. The molecule has 2 rings (SSSR count). The number of rotatable bonds is 6. The second-order valence-electron chi connectivity index (χ2n) is 5.35. The molecule has 0 aromatic carbocycles. The van der Waals surface area contributed by atoms with Crippen molar-refractivity contribution in [1.29, 1.82) is 0 Å². The van der Waals surface area contributed by atoms with Crippen LogP contribution < -0.4 is 0 Å². The molecule has 1 aliphatic carbocycles. The van der Waals surface area contributed by atoms with Crippen molar-refractivity contribution in [3.05, 3.63) is 0 Å². The summed E-state index contributed by atoms with van der Waals surface area (Å²) in [7, 11) is -12.3. The molecule has 23 heavy (non-hydrogen) atoms. The van der Waals surface area contributed by atoms with Crippen molar-refractivity contribution in [2.75, 3.05) is 18.8 Å². The zero-order valence-corrected chi connectivity index (χ0v) is 14.7. The molecule has 14 heteroatoms. The van der Waals surface area contributed by atoms with E-state index < -0.39 is 67.0 Å². The van der Waals surface area contributed by atoms with Gasteiger partial charge in [-0.2, -0.15) is 25.3 Å². The van der Waals surface area contributed by atoms with Crippen molar-refractivity contribution in [3.8, 4) is 0 Å². The Morgan fingerprint density at radius 3 is 1.52 bits per heavy atom. The van der Waals surface area contributed by atoms with Gasteiger partial charge in [0.15, 0.2) is 0 Å². The van der Waals surface area contributed by atoms with E-state index in [4.69, 9.17) is 13.1 Å². The summed E-state index contributed by atoms with van der Waals surface area (Å²) < 4.78 is 87.3. The average molecular weight is 396 g/mol. The Bertz CT molecular complexity index is 768. The summed E-state index contributed by atoms with van der Waals surface area (Å²) in [6.45, 7) is 0. The maximum atomic E-state index is 11.4. The van der Waals surface area contributed by atoms with E-state index in [1.807, 2.05) is 0 Å². The van der Waals surface area contributed by atoms with Crippen LogP contribution in [0, 0.1) is 0 Å². The highest BCUT2D eigenvalue weighted by molar-refractivity contribution is 7.86. The molecule has 1 saturated heterocycles. The summed E-state index contributed by atoms with van der Waals surface area (Å²) in [6.07, 6.45) is -6.31. The van der Waals surface area contributed by atoms with Crippen molar-refractivity contribution in [2.24, 2.45) is 0 Å². The number of ether oxygens (including phenoxy) is 1. The zero-order chi connectivity index (χ0) is 17.8. The summed E-state index contributed by atoms with van der Waals surface area (Å²) in [4.78, 5) is 0. The normalized spacial score (nSPS) is 38.1. The number of fused-ring (bicyclic) bond motifs is 1. The quantitative estimate of drug-likeness (QED) is 0.363. The molecule has 1 saturated carbocycles. The Morgan fingerprint density at radius 1 is 0.696 bits per heavy atom. The number of epoxide rings is 1. The van der Waals surface area contributed by atoms with Gasteiger partial charge in [0.1, 0.15) is 36.6 Å². The maximum Gasteiger partial charge on any atom is 0.264 e. The Morgan fingerprint density at radius 2 is 1.09 bits per heavy atom. The molecule has 0 radical (unpaired) electrons. The Labute approximate surface area is 133 Å². The van der Waals surface area contributed by atoms with Crippen LogP contribution in [0.3, 0.4) is 0 Å². The van der Waals surface area contributed by atoms with Crippen LogP contribution in [-0.2, 0) is 47.6 Å². The highest BCUT2D eigenvalue weighted by Gasteiger charge is 2.64. The lowest BCUT2D eigenvalue weighted by Crippen LogP contribution is -2.58. The van der Waals surface area contributed by atoms with E-state index in [1.54, 1.807) is 0 Å². The first-order chi connectivity index (χ1) is 10.2. The van der Waals surface area contributed by atoms with E-state index >= 15 is 0 Å². The van der Waals surface area contributed by atoms with Gasteiger partial charge in [-0.05, 0) is 0 Å². The highest BCUT2D eigenvalue weighted by Crippen LogP contribution is 2.42. The largest absolute Gasteiger partial charge is 0.387 e. The van der Waals surface area contributed by atoms with Crippen LogP contribution in [0.5, 0.6) is 0 Å². The molecule has 0 amide bonds. The molecule has 1 heterocycles. The third-order valence-electron chi connectivity index (χ3n) is 3.06. The van der Waals surface area contributed by atoms with Crippen LogP contribution in [0.2, 0.25) is 0 Å². The fourth-order valence-electron chi connectivity index (χ4n) is 2.37. The SMILES string of the molecule is CS(=O)(=O)O[C@@H]1[C@@H]2O[C@@H]2[C@H](O)[C@H](OS(C)(=O)=O)[C@H]1OS(C)(=O)=O. The Hall–Kier alpha value is -0.350. The summed E-state index contributed by atoms with van der Waals surface area (Å²) in [6, 6.07) is 0. The molecule has 0 aromatic heterocycles. The topological polar surface area (TPSA) is 163 Å². The van der Waals surface area contributed by atoms with E-state index in [2.05, 4.69) is 4.18 Å². The summed E-state index contributed by atoms with van der Waals surface area (Å²) in [5.41, 5.74) is 0. The lowest BCUT2D eigenvalue weighted by molar-refractivity contribution is -0.0858. The number of aliphatic hydroxyl groups excluding tert-OH is 1. The minimum absolute atomic E-state index is 0.675.